The van der Waals surface area contributed by atoms with Crippen LogP contribution in [0.15, 0.2) is 76.2 Å². The number of rotatable bonds is 7. The molecule has 0 saturated heterocycles. The number of esters is 1. The van der Waals surface area contributed by atoms with Crippen molar-refractivity contribution in [2.45, 2.75) is 26.3 Å². The van der Waals surface area contributed by atoms with E-state index in [-0.39, 0.29) is 17.9 Å². The number of methoxy groups -OCH3 is 1. The van der Waals surface area contributed by atoms with Gasteiger partial charge in [-0.1, -0.05) is 41.7 Å². The maximum absolute atomic E-state index is 13.7. The summed E-state index contributed by atoms with van der Waals surface area (Å²) >= 11 is 1.24. The number of thiazole rings is 1. The van der Waals surface area contributed by atoms with Crippen LogP contribution < -0.4 is 19.6 Å². The quantitative estimate of drug-likeness (QED) is 0.406. The first-order valence-corrected chi connectivity index (χ1v) is 12.0. The van der Waals surface area contributed by atoms with Crippen LogP contribution >= 0.6 is 11.3 Å². The first-order valence-electron chi connectivity index (χ1n) is 11.1. The molecule has 0 saturated carbocycles. The molecule has 180 valence electrons. The monoisotopic (exact) mass is 490 g/mol. The molecule has 4 rings (SSSR count). The van der Waals surface area contributed by atoms with Crippen molar-refractivity contribution >= 4 is 23.4 Å². The maximum Gasteiger partial charge on any atom is 0.338 e. The summed E-state index contributed by atoms with van der Waals surface area (Å²) in [6.45, 7) is 7.40. The van der Waals surface area contributed by atoms with Crippen molar-refractivity contribution in [3.8, 4) is 11.5 Å². The summed E-state index contributed by atoms with van der Waals surface area (Å²) in [6, 6.07) is 11.7. The summed E-state index contributed by atoms with van der Waals surface area (Å²) in [7, 11) is 1.55. The van der Waals surface area contributed by atoms with Gasteiger partial charge in [-0.3, -0.25) is 9.36 Å². The Balaban J connectivity index is 1.96. The van der Waals surface area contributed by atoms with E-state index in [4.69, 9.17) is 9.47 Å². The van der Waals surface area contributed by atoms with E-state index in [0.717, 1.165) is 5.56 Å². The zero-order chi connectivity index (χ0) is 25.1. The largest absolute Gasteiger partial charge is 0.508 e. The maximum atomic E-state index is 13.7. The fraction of sp³-hybridized carbons (Fsp3) is 0.222. The number of para-hydroxylation sites is 1. The lowest BCUT2D eigenvalue weighted by atomic mass is 9.95. The zero-order valence-electron chi connectivity index (χ0n) is 19.8. The highest BCUT2D eigenvalue weighted by atomic mass is 32.1. The molecule has 7 nitrogen and oxygen atoms in total. The lowest BCUT2D eigenvalue weighted by Gasteiger charge is -2.25. The van der Waals surface area contributed by atoms with Gasteiger partial charge in [-0.25, -0.2) is 9.79 Å². The van der Waals surface area contributed by atoms with Gasteiger partial charge in [-0.2, -0.15) is 0 Å². The van der Waals surface area contributed by atoms with Crippen molar-refractivity contribution in [2.24, 2.45) is 4.99 Å². The predicted molar refractivity (Wildman–Crippen MR) is 135 cm³/mol. The van der Waals surface area contributed by atoms with Gasteiger partial charge in [0, 0.05) is 5.56 Å². The number of aromatic nitrogens is 1. The number of phenols is 1. The van der Waals surface area contributed by atoms with Gasteiger partial charge in [0.25, 0.3) is 5.56 Å². The van der Waals surface area contributed by atoms with Gasteiger partial charge in [0.15, 0.2) is 4.80 Å². The summed E-state index contributed by atoms with van der Waals surface area (Å²) in [6.07, 6.45) is 3.98. The molecule has 0 bridgehead atoms. The van der Waals surface area contributed by atoms with Crippen molar-refractivity contribution in [1.29, 1.82) is 0 Å². The number of benzene rings is 2. The molecule has 0 unspecified atom stereocenters. The molecular formula is C27H26N2O5S. The van der Waals surface area contributed by atoms with Crippen molar-refractivity contribution in [3.63, 3.8) is 0 Å². The molecule has 1 aliphatic heterocycles. The van der Waals surface area contributed by atoms with E-state index in [1.54, 1.807) is 51.3 Å². The number of phenolic OH excluding ortho intramolecular Hbond substituents is 1. The van der Waals surface area contributed by atoms with Gasteiger partial charge in [-0.15, -0.1) is 6.58 Å². The Morgan fingerprint density at radius 2 is 2.06 bits per heavy atom. The summed E-state index contributed by atoms with van der Waals surface area (Å²) in [5, 5.41) is 10.1. The molecule has 35 heavy (non-hydrogen) atoms. The van der Waals surface area contributed by atoms with Gasteiger partial charge in [0.05, 0.1) is 29.5 Å². The highest BCUT2D eigenvalue weighted by Gasteiger charge is 2.34. The molecule has 1 aromatic heterocycles. The van der Waals surface area contributed by atoms with Crippen molar-refractivity contribution in [1.82, 2.24) is 4.57 Å². The lowest BCUT2D eigenvalue weighted by Crippen LogP contribution is -2.40. The smallest absolute Gasteiger partial charge is 0.338 e. The van der Waals surface area contributed by atoms with E-state index in [9.17, 15) is 14.7 Å². The summed E-state index contributed by atoms with van der Waals surface area (Å²) in [5.74, 6) is 0.206. The average Bonchev–Trinajstić information content (AvgIpc) is 3.14. The molecule has 1 aliphatic rings. The third kappa shape index (κ3) is 4.57. The zero-order valence-corrected chi connectivity index (χ0v) is 20.6. The molecule has 0 aliphatic carbocycles. The van der Waals surface area contributed by atoms with E-state index >= 15 is 0 Å². The lowest BCUT2D eigenvalue weighted by molar-refractivity contribution is -0.139. The van der Waals surface area contributed by atoms with Crippen molar-refractivity contribution in [2.75, 3.05) is 13.7 Å². The molecule has 2 heterocycles. The van der Waals surface area contributed by atoms with Gasteiger partial charge in [-0.05, 0) is 55.7 Å². The first-order chi connectivity index (χ1) is 16.9. The number of fused-ring (bicyclic) bond motifs is 1. The predicted octanol–water partition coefficient (Wildman–Crippen LogP) is 3.24. The van der Waals surface area contributed by atoms with Gasteiger partial charge in [0.2, 0.25) is 0 Å². The second kappa shape index (κ2) is 10.1. The number of hydrogen-bond acceptors (Lipinski definition) is 7. The molecule has 3 aromatic rings. The van der Waals surface area contributed by atoms with Crippen LogP contribution in [0.2, 0.25) is 0 Å². The summed E-state index contributed by atoms with van der Waals surface area (Å²) in [4.78, 5) is 31.8. The number of allylic oxidation sites excluding steroid dienone is 2. The number of ether oxygens (including phenoxy) is 2. The van der Waals surface area contributed by atoms with E-state index in [2.05, 4.69) is 11.6 Å². The Kier molecular flexibility index (Phi) is 7.02. The van der Waals surface area contributed by atoms with E-state index < -0.39 is 12.0 Å². The number of nitrogens with zero attached hydrogens (tertiary/aromatic N) is 2. The number of carbonyl (C=O) groups excluding carboxylic acids is 1. The number of aromatic hydroxyl groups is 1. The van der Waals surface area contributed by atoms with Gasteiger partial charge < -0.3 is 14.6 Å². The minimum absolute atomic E-state index is 0.175. The Labute approximate surface area is 206 Å². The average molecular weight is 491 g/mol. The van der Waals surface area contributed by atoms with Crippen LogP contribution in [-0.4, -0.2) is 29.4 Å². The van der Waals surface area contributed by atoms with Crippen LogP contribution in [0.25, 0.3) is 6.08 Å². The highest BCUT2D eigenvalue weighted by Crippen LogP contribution is 2.35. The molecule has 0 amide bonds. The summed E-state index contributed by atoms with van der Waals surface area (Å²) < 4.78 is 12.9. The van der Waals surface area contributed by atoms with E-state index in [1.165, 1.54) is 15.9 Å². The van der Waals surface area contributed by atoms with Crippen LogP contribution in [0, 0.1) is 0 Å². The Bertz CT molecular complexity index is 1510. The molecular weight excluding hydrogens is 464 g/mol. The van der Waals surface area contributed by atoms with Crippen molar-refractivity contribution in [3.05, 3.63) is 103 Å². The fourth-order valence-corrected chi connectivity index (χ4v) is 5.19. The second-order valence-electron chi connectivity index (χ2n) is 7.93. The number of carbonyl (C=O) groups is 1. The van der Waals surface area contributed by atoms with E-state index in [1.807, 2.05) is 24.3 Å². The Morgan fingerprint density at radius 1 is 1.29 bits per heavy atom. The molecule has 8 heteroatoms. The van der Waals surface area contributed by atoms with Crippen LogP contribution in [0.3, 0.4) is 0 Å². The van der Waals surface area contributed by atoms with Crippen LogP contribution in [-0.2, 0) is 16.0 Å². The number of hydrogen-bond donors (Lipinski definition) is 1. The molecule has 1 atom stereocenters. The third-order valence-corrected chi connectivity index (χ3v) is 6.70. The van der Waals surface area contributed by atoms with Crippen LogP contribution in [0.4, 0.5) is 0 Å². The molecule has 0 radical (unpaired) electrons. The normalized spacial score (nSPS) is 15.4. The second-order valence-corrected chi connectivity index (χ2v) is 8.93. The topological polar surface area (TPSA) is 90.1 Å². The van der Waals surface area contributed by atoms with Crippen LogP contribution in [0.1, 0.15) is 36.6 Å². The Morgan fingerprint density at radius 3 is 2.77 bits per heavy atom. The molecule has 1 N–H and O–H groups in total. The fourth-order valence-electron chi connectivity index (χ4n) is 4.14. The third-order valence-electron chi connectivity index (χ3n) is 5.72. The minimum atomic E-state index is -0.750. The molecule has 0 spiro atoms. The minimum Gasteiger partial charge on any atom is -0.508 e. The highest BCUT2D eigenvalue weighted by molar-refractivity contribution is 7.07. The Hall–Kier alpha value is -3.91. The standard InChI is InChI=1S/C27H26N2O5S/c1-5-9-18-14-17(12-13-20(18)30)15-22-25(31)29-24(19-10-7-8-11-21(19)33-4)23(26(32)34-6-2)16(3)28-27(29)35-22/h5,7-8,10-15,24,30H,1,6,9H2,2-4H3/b22-15+/t24-/m1/s1. The van der Waals surface area contributed by atoms with Gasteiger partial charge in [0.1, 0.15) is 17.5 Å². The van der Waals surface area contributed by atoms with E-state index in [0.29, 0.717) is 43.9 Å². The van der Waals surface area contributed by atoms with Crippen molar-refractivity contribution < 1.29 is 19.4 Å². The first kappa shape index (κ1) is 24.2. The SMILES string of the molecule is C=CCc1cc(/C=c2/sc3n(c2=O)[C@H](c2ccccc2OC)C(C(=O)OCC)=C(C)N=3)ccc1O. The van der Waals surface area contributed by atoms with Crippen LogP contribution in [0.5, 0.6) is 11.5 Å². The molecule has 0 fully saturated rings. The van der Waals surface area contributed by atoms with Gasteiger partial charge >= 0.3 is 5.97 Å². The summed E-state index contributed by atoms with van der Waals surface area (Å²) in [5.41, 5.74) is 2.66. The molecule has 2 aromatic carbocycles.